The normalized spacial score (nSPS) is 17.3. The zero-order chi connectivity index (χ0) is 20.0. The van der Waals surface area contributed by atoms with Crippen LogP contribution in [-0.4, -0.2) is 35.7 Å². The van der Waals surface area contributed by atoms with E-state index < -0.39 is 9.84 Å². The summed E-state index contributed by atoms with van der Waals surface area (Å²) < 4.78 is 34.4. The molecule has 4 aromatic rings. The van der Waals surface area contributed by atoms with E-state index in [1.165, 1.54) is 0 Å². The molecule has 1 saturated heterocycles. The number of rotatable bonds is 4. The molecule has 2 aromatic heterocycles. The highest BCUT2D eigenvalue weighted by atomic mass is 32.2. The van der Waals surface area contributed by atoms with Crippen molar-refractivity contribution in [2.45, 2.75) is 35.3 Å². The van der Waals surface area contributed by atoms with E-state index in [1.807, 2.05) is 24.3 Å². The number of hydrogen-bond acceptors (Lipinski definition) is 6. The molecule has 0 saturated carbocycles. The lowest BCUT2D eigenvalue weighted by molar-refractivity contribution is 0.0983. The Hall–Kier alpha value is -2.97. The molecule has 29 heavy (non-hydrogen) atoms. The first-order chi connectivity index (χ1) is 14.1. The maximum atomic E-state index is 13.5. The molecule has 148 valence electrons. The van der Waals surface area contributed by atoms with Gasteiger partial charge in [-0.1, -0.05) is 30.3 Å². The van der Waals surface area contributed by atoms with Crippen molar-refractivity contribution in [1.82, 2.24) is 14.5 Å². The first kappa shape index (κ1) is 18.1. The van der Waals surface area contributed by atoms with Crippen LogP contribution in [0.1, 0.15) is 12.8 Å². The third kappa shape index (κ3) is 2.95. The predicted octanol–water partition coefficient (Wildman–Crippen LogP) is 3.18. The molecule has 1 fully saturated rings. The summed E-state index contributed by atoms with van der Waals surface area (Å²) in [6, 6.07) is 15.7. The third-order valence-electron chi connectivity index (χ3n) is 5.28. The smallest absolute Gasteiger partial charge is 0.212 e. The molecule has 1 atom stereocenters. The van der Waals surface area contributed by atoms with E-state index in [-0.39, 0.29) is 21.7 Å². The van der Waals surface area contributed by atoms with E-state index in [1.54, 1.807) is 34.9 Å². The quantitative estimate of drug-likeness (QED) is 0.557. The zero-order valence-corrected chi connectivity index (χ0v) is 16.5. The van der Waals surface area contributed by atoms with Crippen molar-refractivity contribution in [2.75, 3.05) is 12.3 Å². The lowest BCUT2D eigenvalue weighted by Gasteiger charge is -2.13. The molecular formula is C21H20N4O3S. The number of para-hydroxylation sites is 2. The Morgan fingerprint density at radius 1 is 1.03 bits per heavy atom. The van der Waals surface area contributed by atoms with Crippen LogP contribution in [0.2, 0.25) is 0 Å². The van der Waals surface area contributed by atoms with Gasteiger partial charge in [0, 0.05) is 6.61 Å². The summed E-state index contributed by atoms with van der Waals surface area (Å²) in [5, 5.41) is 0. The molecule has 1 unspecified atom stereocenters. The van der Waals surface area contributed by atoms with Crippen LogP contribution in [0.3, 0.4) is 0 Å². The fourth-order valence-corrected chi connectivity index (χ4v) is 5.38. The number of ether oxygens (including phenoxy) is 1. The molecule has 0 radical (unpaired) electrons. The van der Waals surface area contributed by atoms with Crippen molar-refractivity contribution in [3.63, 3.8) is 0 Å². The summed E-state index contributed by atoms with van der Waals surface area (Å²) in [6.45, 7) is 1.15. The van der Waals surface area contributed by atoms with E-state index in [9.17, 15) is 8.42 Å². The van der Waals surface area contributed by atoms with E-state index in [0.29, 0.717) is 35.3 Å². The fraction of sp³-hybridized carbons (Fsp3) is 0.238. The van der Waals surface area contributed by atoms with Crippen molar-refractivity contribution >= 4 is 37.9 Å². The molecule has 7 nitrogen and oxygen atoms in total. The van der Waals surface area contributed by atoms with Gasteiger partial charge in [0.1, 0.15) is 16.2 Å². The monoisotopic (exact) mass is 408 g/mol. The van der Waals surface area contributed by atoms with Crippen molar-refractivity contribution in [1.29, 1.82) is 0 Å². The SMILES string of the molecule is Nc1c(S(=O)(=O)c2ccccc2)c2nc3ccccc3nc2n1CC1CCCO1. The molecule has 0 amide bonds. The molecule has 2 aromatic carbocycles. The highest BCUT2D eigenvalue weighted by Crippen LogP contribution is 2.35. The highest BCUT2D eigenvalue weighted by Gasteiger charge is 2.31. The van der Waals surface area contributed by atoms with Crippen LogP contribution in [0.5, 0.6) is 0 Å². The maximum Gasteiger partial charge on any atom is 0.212 e. The Balaban J connectivity index is 1.80. The number of nitrogens with zero attached hydrogens (tertiary/aromatic N) is 3. The second-order valence-corrected chi connectivity index (χ2v) is 9.05. The minimum atomic E-state index is -3.87. The number of aromatic nitrogens is 3. The molecule has 3 heterocycles. The van der Waals surface area contributed by atoms with E-state index in [2.05, 4.69) is 4.98 Å². The molecule has 0 spiro atoms. The number of nitrogens with two attached hydrogens (primary N) is 1. The minimum Gasteiger partial charge on any atom is -0.384 e. The predicted molar refractivity (Wildman–Crippen MR) is 110 cm³/mol. The summed E-state index contributed by atoms with van der Waals surface area (Å²) >= 11 is 0. The lowest BCUT2D eigenvalue weighted by Crippen LogP contribution is -2.17. The summed E-state index contributed by atoms with van der Waals surface area (Å²) in [7, 11) is -3.87. The van der Waals surface area contributed by atoms with Gasteiger partial charge in [-0.3, -0.25) is 0 Å². The molecule has 2 N–H and O–H groups in total. The van der Waals surface area contributed by atoms with Gasteiger partial charge in [0.05, 0.1) is 28.6 Å². The van der Waals surface area contributed by atoms with Crippen LogP contribution in [0.4, 0.5) is 5.82 Å². The van der Waals surface area contributed by atoms with E-state index in [4.69, 9.17) is 15.5 Å². The maximum absolute atomic E-state index is 13.5. The Morgan fingerprint density at radius 3 is 2.41 bits per heavy atom. The Morgan fingerprint density at radius 2 is 1.72 bits per heavy atom. The Kier molecular flexibility index (Phi) is 4.25. The molecular weight excluding hydrogens is 388 g/mol. The van der Waals surface area contributed by atoms with Crippen molar-refractivity contribution in [3.8, 4) is 0 Å². The average molecular weight is 408 g/mol. The first-order valence-electron chi connectivity index (χ1n) is 9.52. The van der Waals surface area contributed by atoms with Crippen molar-refractivity contribution in [3.05, 3.63) is 54.6 Å². The van der Waals surface area contributed by atoms with Crippen LogP contribution in [0.25, 0.3) is 22.2 Å². The summed E-state index contributed by atoms with van der Waals surface area (Å²) in [5.74, 6) is 0.148. The van der Waals surface area contributed by atoms with Crippen LogP contribution in [0, 0.1) is 0 Å². The second-order valence-electron chi connectivity index (χ2n) is 7.16. The highest BCUT2D eigenvalue weighted by molar-refractivity contribution is 7.92. The Labute approximate surface area is 168 Å². The Bertz CT molecular complexity index is 1310. The summed E-state index contributed by atoms with van der Waals surface area (Å²) in [5.41, 5.74) is 8.50. The summed E-state index contributed by atoms with van der Waals surface area (Å²) in [4.78, 5) is 9.54. The fourth-order valence-electron chi connectivity index (χ4n) is 3.85. The van der Waals surface area contributed by atoms with Crippen molar-refractivity contribution < 1.29 is 13.2 Å². The number of fused-ring (bicyclic) bond motifs is 2. The molecule has 1 aliphatic rings. The van der Waals surface area contributed by atoms with Gasteiger partial charge >= 0.3 is 0 Å². The van der Waals surface area contributed by atoms with Crippen LogP contribution in [0.15, 0.2) is 64.4 Å². The van der Waals surface area contributed by atoms with Gasteiger partial charge in [-0.2, -0.15) is 0 Å². The molecule has 1 aliphatic heterocycles. The van der Waals surface area contributed by atoms with Gasteiger partial charge in [0.25, 0.3) is 0 Å². The van der Waals surface area contributed by atoms with Gasteiger partial charge in [0.2, 0.25) is 9.84 Å². The average Bonchev–Trinajstić information content (AvgIpc) is 3.34. The lowest BCUT2D eigenvalue weighted by atomic mass is 10.2. The van der Waals surface area contributed by atoms with Gasteiger partial charge in [0.15, 0.2) is 5.65 Å². The third-order valence-corrected chi connectivity index (χ3v) is 7.11. The molecule has 8 heteroatoms. The van der Waals surface area contributed by atoms with E-state index >= 15 is 0 Å². The summed E-state index contributed by atoms with van der Waals surface area (Å²) in [6.07, 6.45) is 1.86. The second kappa shape index (κ2) is 6.82. The topological polar surface area (TPSA) is 100 Å². The van der Waals surface area contributed by atoms with E-state index in [0.717, 1.165) is 12.8 Å². The molecule has 0 aliphatic carbocycles. The first-order valence-corrected chi connectivity index (χ1v) is 11.0. The van der Waals surface area contributed by atoms with Gasteiger partial charge in [-0.05, 0) is 37.1 Å². The number of benzene rings is 2. The molecule has 0 bridgehead atoms. The van der Waals surface area contributed by atoms with Crippen LogP contribution < -0.4 is 5.73 Å². The molecule has 5 rings (SSSR count). The van der Waals surface area contributed by atoms with Crippen LogP contribution >= 0.6 is 0 Å². The van der Waals surface area contributed by atoms with Gasteiger partial charge in [-0.15, -0.1) is 0 Å². The van der Waals surface area contributed by atoms with Gasteiger partial charge < -0.3 is 15.0 Å². The van der Waals surface area contributed by atoms with Gasteiger partial charge in [-0.25, -0.2) is 18.4 Å². The number of anilines is 1. The zero-order valence-electron chi connectivity index (χ0n) is 15.7. The van der Waals surface area contributed by atoms with Crippen molar-refractivity contribution in [2.24, 2.45) is 0 Å². The standard InChI is InChI=1S/C21H20N4O3S/c22-20-19(29(26,27)15-8-2-1-3-9-15)18-21(25(20)13-14-7-6-12-28-14)24-17-11-5-4-10-16(17)23-18/h1-5,8-11,14H,6-7,12-13,22H2. The largest absolute Gasteiger partial charge is 0.384 e. The van der Waals surface area contributed by atoms with Crippen LogP contribution in [-0.2, 0) is 21.1 Å². The number of nitrogen functional groups attached to an aromatic ring is 1. The number of hydrogen-bond donors (Lipinski definition) is 1. The minimum absolute atomic E-state index is 0.00921. The number of sulfone groups is 1.